The summed E-state index contributed by atoms with van der Waals surface area (Å²) in [6.45, 7) is 0.894. The van der Waals surface area contributed by atoms with Crippen LogP contribution in [0.4, 0.5) is 0 Å². The molecule has 0 N–H and O–H groups in total. The van der Waals surface area contributed by atoms with Gasteiger partial charge in [0.15, 0.2) is 0 Å². The van der Waals surface area contributed by atoms with Gasteiger partial charge in [-0.2, -0.15) is 0 Å². The van der Waals surface area contributed by atoms with E-state index >= 15 is 0 Å². The second kappa shape index (κ2) is 4.33. The number of carbonyl (C=O) groups is 2. The van der Waals surface area contributed by atoms with Crippen LogP contribution in [0.2, 0.25) is 0 Å². The van der Waals surface area contributed by atoms with Gasteiger partial charge in [-0.1, -0.05) is 22.6 Å². The molecule has 0 aromatic rings. The maximum atomic E-state index is 12.2. The number of amides is 1. The number of halogens is 1. The van der Waals surface area contributed by atoms with E-state index in [9.17, 15) is 9.59 Å². The van der Waals surface area contributed by atoms with Crippen molar-refractivity contribution in [1.82, 2.24) is 4.90 Å². The first kappa shape index (κ1) is 12.4. The minimum Gasteiger partial charge on any atom is -0.461 e. The fourth-order valence-electron chi connectivity index (χ4n) is 4.83. The van der Waals surface area contributed by atoms with Gasteiger partial charge in [-0.25, -0.2) is 0 Å². The van der Waals surface area contributed by atoms with E-state index < -0.39 is 0 Å². The van der Waals surface area contributed by atoms with Gasteiger partial charge in [0.2, 0.25) is 5.91 Å². The van der Waals surface area contributed by atoms with Crippen molar-refractivity contribution in [3.05, 3.63) is 0 Å². The van der Waals surface area contributed by atoms with Gasteiger partial charge in [0.25, 0.3) is 0 Å². The number of alkyl halides is 1. The number of carbonyl (C=O) groups excluding carboxylic acids is 2. The summed E-state index contributed by atoms with van der Waals surface area (Å²) in [5.41, 5.74) is 0. The Balaban J connectivity index is 1.73. The highest BCUT2D eigenvalue weighted by atomic mass is 127. The minimum absolute atomic E-state index is 0.0297. The molecule has 0 aromatic heterocycles. The molecule has 3 aliphatic heterocycles. The van der Waals surface area contributed by atoms with Crippen molar-refractivity contribution < 1.29 is 14.3 Å². The van der Waals surface area contributed by atoms with Crippen molar-refractivity contribution in [1.29, 1.82) is 0 Å². The second-order valence-electron chi connectivity index (χ2n) is 6.35. The van der Waals surface area contributed by atoms with E-state index in [1.54, 1.807) is 0 Å². The van der Waals surface area contributed by atoms with Crippen LogP contribution in [0.3, 0.4) is 0 Å². The molecular weight excluding hydrogens is 357 g/mol. The molecular formula is C14H18INO3. The number of ether oxygens (including phenoxy) is 1. The summed E-state index contributed by atoms with van der Waals surface area (Å²) >= 11 is 2.48. The topological polar surface area (TPSA) is 46.6 Å². The van der Waals surface area contributed by atoms with Crippen LogP contribution >= 0.6 is 22.6 Å². The highest BCUT2D eigenvalue weighted by Gasteiger charge is 2.59. The smallest absolute Gasteiger partial charge is 0.306 e. The summed E-state index contributed by atoms with van der Waals surface area (Å²) < 4.78 is 5.97. The molecule has 0 bridgehead atoms. The van der Waals surface area contributed by atoms with Crippen LogP contribution in [0.15, 0.2) is 0 Å². The molecule has 4 aliphatic rings. The highest BCUT2D eigenvalue weighted by Crippen LogP contribution is 2.52. The van der Waals surface area contributed by atoms with Crippen LogP contribution in [0.1, 0.15) is 32.1 Å². The Morgan fingerprint density at radius 3 is 2.84 bits per heavy atom. The van der Waals surface area contributed by atoms with Gasteiger partial charge < -0.3 is 9.64 Å². The van der Waals surface area contributed by atoms with Crippen LogP contribution in [0, 0.1) is 17.8 Å². The SMILES string of the molecule is O=C1CC2C(O1)[C@H](I)C1CCCC(=O)N3CC[C@H]2C13. The summed E-state index contributed by atoms with van der Waals surface area (Å²) in [5.74, 6) is 1.67. The number of hydrogen-bond donors (Lipinski definition) is 0. The van der Waals surface area contributed by atoms with Crippen molar-refractivity contribution >= 4 is 34.5 Å². The quantitative estimate of drug-likeness (QED) is 0.368. The summed E-state index contributed by atoms with van der Waals surface area (Å²) in [6.07, 6.45) is 4.55. The Bertz CT molecular complexity index is 440. The summed E-state index contributed by atoms with van der Waals surface area (Å²) in [6, 6.07) is 0.382. The number of rotatable bonds is 0. The summed E-state index contributed by atoms with van der Waals surface area (Å²) in [7, 11) is 0. The second-order valence-corrected chi connectivity index (χ2v) is 7.79. The molecule has 1 aliphatic carbocycles. The average molecular weight is 375 g/mol. The molecule has 1 saturated carbocycles. The lowest BCUT2D eigenvalue weighted by Gasteiger charge is -2.45. The van der Waals surface area contributed by atoms with Gasteiger partial charge in [-0.05, 0) is 31.1 Å². The van der Waals surface area contributed by atoms with E-state index in [0.717, 1.165) is 25.8 Å². The largest absolute Gasteiger partial charge is 0.461 e. The molecule has 5 heteroatoms. The first-order valence-electron chi connectivity index (χ1n) is 7.30. The first-order chi connectivity index (χ1) is 9.16. The zero-order valence-electron chi connectivity index (χ0n) is 10.8. The monoisotopic (exact) mass is 375 g/mol. The molecule has 1 amide bonds. The Hall–Kier alpha value is -0.330. The average Bonchev–Trinajstić information content (AvgIpc) is 2.92. The molecule has 4 fully saturated rings. The molecule has 0 aromatic carbocycles. The number of esters is 1. The van der Waals surface area contributed by atoms with E-state index in [0.29, 0.717) is 46.5 Å². The Kier molecular flexibility index (Phi) is 2.83. The number of nitrogens with zero attached hydrogens (tertiary/aromatic N) is 1. The van der Waals surface area contributed by atoms with E-state index in [-0.39, 0.29) is 12.1 Å². The fraction of sp³-hybridized carbons (Fsp3) is 0.857. The number of hydrogen-bond acceptors (Lipinski definition) is 3. The lowest BCUT2D eigenvalue weighted by molar-refractivity contribution is -0.143. The van der Waals surface area contributed by atoms with E-state index in [4.69, 9.17) is 4.74 Å². The van der Waals surface area contributed by atoms with Crippen LogP contribution in [0.25, 0.3) is 0 Å². The summed E-state index contributed by atoms with van der Waals surface area (Å²) in [4.78, 5) is 26.0. The van der Waals surface area contributed by atoms with Crippen LogP contribution in [-0.4, -0.2) is 39.4 Å². The van der Waals surface area contributed by atoms with Gasteiger partial charge in [0.1, 0.15) is 6.10 Å². The molecule has 3 saturated heterocycles. The van der Waals surface area contributed by atoms with Crippen molar-refractivity contribution in [2.75, 3.05) is 6.54 Å². The van der Waals surface area contributed by atoms with Gasteiger partial charge >= 0.3 is 5.97 Å². The van der Waals surface area contributed by atoms with Crippen molar-refractivity contribution in [2.24, 2.45) is 17.8 Å². The first-order valence-corrected chi connectivity index (χ1v) is 8.54. The number of fused-ring (bicyclic) bond motifs is 2. The van der Waals surface area contributed by atoms with E-state index in [1.165, 1.54) is 0 Å². The van der Waals surface area contributed by atoms with Crippen LogP contribution < -0.4 is 0 Å². The zero-order chi connectivity index (χ0) is 13.1. The molecule has 104 valence electrons. The lowest BCUT2D eigenvalue weighted by Crippen LogP contribution is -2.54. The minimum atomic E-state index is -0.0297. The zero-order valence-corrected chi connectivity index (χ0v) is 12.9. The van der Waals surface area contributed by atoms with Gasteiger partial charge in [0.05, 0.1) is 10.3 Å². The molecule has 0 radical (unpaired) electrons. The van der Waals surface area contributed by atoms with Gasteiger partial charge in [-0.3, -0.25) is 9.59 Å². The van der Waals surface area contributed by atoms with Crippen molar-refractivity contribution in [3.8, 4) is 0 Å². The Morgan fingerprint density at radius 1 is 1.16 bits per heavy atom. The molecule has 0 spiro atoms. The fourth-order valence-corrected chi connectivity index (χ4v) is 6.30. The Morgan fingerprint density at radius 2 is 2.00 bits per heavy atom. The highest BCUT2D eigenvalue weighted by molar-refractivity contribution is 14.1. The maximum Gasteiger partial charge on any atom is 0.306 e. The predicted octanol–water partition coefficient (Wildman–Crippen LogP) is 1.75. The summed E-state index contributed by atoms with van der Waals surface area (Å²) in [5, 5.41) is 0. The van der Waals surface area contributed by atoms with Crippen LogP contribution in [-0.2, 0) is 14.3 Å². The third kappa shape index (κ3) is 1.69. The maximum absolute atomic E-state index is 12.2. The molecule has 4 unspecified atom stereocenters. The third-order valence-corrected chi connectivity index (χ3v) is 7.19. The molecule has 6 atom stereocenters. The lowest BCUT2D eigenvalue weighted by atomic mass is 9.68. The molecule has 4 rings (SSSR count). The van der Waals surface area contributed by atoms with Gasteiger partial charge in [0, 0.05) is 24.9 Å². The van der Waals surface area contributed by atoms with E-state index in [2.05, 4.69) is 27.5 Å². The predicted molar refractivity (Wildman–Crippen MR) is 76.7 cm³/mol. The van der Waals surface area contributed by atoms with Crippen molar-refractivity contribution in [3.63, 3.8) is 0 Å². The van der Waals surface area contributed by atoms with Crippen LogP contribution in [0.5, 0.6) is 0 Å². The molecule has 19 heavy (non-hydrogen) atoms. The molecule has 4 nitrogen and oxygen atoms in total. The normalized spacial score (nSPS) is 48.6. The third-order valence-electron chi connectivity index (χ3n) is 5.55. The Labute approximate surface area is 126 Å². The van der Waals surface area contributed by atoms with Crippen molar-refractivity contribution in [2.45, 2.75) is 48.2 Å². The molecule has 3 heterocycles. The van der Waals surface area contributed by atoms with E-state index in [1.807, 2.05) is 0 Å². The van der Waals surface area contributed by atoms with Gasteiger partial charge in [-0.15, -0.1) is 0 Å². The standard InChI is InChI=1S/C14H18INO3/c15-12-8-2-1-3-10(17)16-5-4-7(13(8)16)9-6-11(18)19-14(9)12/h7-9,12-14H,1-6H2/t7-,8?,9?,12-,13?,14?/m1/s1.